The van der Waals surface area contributed by atoms with E-state index in [4.69, 9.17) is 9.72 Å². The number of ether oxygens (including phenoxy) is 1. The Morgan fingerprint density at radius 2 is 1.80 bits per heavy atom. The number of hydrogen-bond donors (Lipinski definition) is 1. The smallest absolute Gasteiger partial charge is 0.410 e. The standard InChI is InChI=1S/C31H32F2N4O3/c1-19-7-5-6-8-23(19)28-27-20(11-14-34-28)17-26(38)29(35-27)37(25-10-9-21(32)18-24(25)33)22-12-15-36(16-13-22)30(39)40-31(2,3)4/h5-11,14,17-18,22,38H,12-13,15-16H2,1-4H3. The molecule has 1 aliphatic heterocycles. The number of aromatic hydroxyl groups is 1. The lowest BCUT2D eigenvalue weighted by molar-refractivity contribution is 0.0206. The summed E-state index contributed by atoms with van der Waals surface area (Å²) in [5.74, 6) is -1.49. The minimum absolute atomic E-state index is 0.0839. The summed E-state index contributed by atoms with van der Waals surface area (Å²) in [7, 11) is 0. The number of likely N-dealkylation sites (tertiary alicyclic amines) is 1. The number of pyridine rings is 2. The van der Waals surface area contributed by atoms with Crippen molar-refractivity contribution in [3.8, 4) is 17.0 Å². The third-order valence-corrected chi connectivity index (χ3v) is 6.97. The van der Waals surface area contributed by atoms with Gasteiger partial charge >= 0.3 is 6.09 Å². The molecule has 2 aromatic carbocycles. The number of nitrogens with zero attached hydrogens (tertiary/aromatic N) is 4. The molecule has 1 saturated heterocycles. The topological polar surface area (TPSA) is 78.8 Å². The van der Waals surface area contributed by atoms with Crippen LogP contribution in [0.5, 0.6) is 5.75 Å². The van der Waals surface area contributed by atoms with Crippen molar-refractivity contribution < 1.29 is 23.4 Å². The highest BCUT2D eigenvalue weighted by molar-refractivity contribution is 5.94. The molecule has 1 fully saturated rings. The average Bonchev–Trinajstić information content (AvgIpc) is 2.89. The molecule has 0 aliphatic carbocycles. The van der Waals surface area contributed by atoms with Crippen molar-refractivity contribution in [1.29, 1.82) is 0 Å². The van der Waals surface area contributed by atoms with Crippen molar-refractivity contribution in [2.75, 3.05) is 18.0 Å². The van der Waals surface area contributed by atoms with Crippen LogP contribution < -0.4 is 4.90 Å². The fraction of sp³-hybridized carbons (Fsp3) is 0.323. The zero-order valence-electron chi connectivity index (χ0n) is 23.0. The van der Waals surface area contributed by atoms with Gasteiger partial charge in [-0.15, -0.1) is 0 Å². The number of benzene rings is 2. The Morgan fingerprint density at radius 1 is 1.07 bits per heavy atom. The van der Waals surface area contributed by atoms with Crippen molar-refractivity contribution in [3.05, 3.63) is 78.0 Å². The Labute approximate surface area is 232 Å². The monoisotopic (exact) mass is 546 g/mol. The van der Waals surface area contributed by atoms with E-state index in [0.29, 0.717) is 42.5 Å². The van der Waals surface area contributed by atoms with Gasteiger partial charge in [0.1, 0.15) is 17.2 Å². The number of hydrogen-bond acceptors (Lipinski definition) is 6. The van der Waals surface area contributed by atoms with E-state index in [1.165, 1.54) is 12.1 Å². The predicted octanol–water partition coefficient (Wildman–Crippen LogP) is 7.13. The van der Waals surface area contributed by atoms with E-state index < -0.39 is 23.3 Å². The molecule has 0 radical (unpaired) electrons. The van der Waals surface area contributed by atoms with Crippen LogP contribution in [0.15, 0.2) is 60.8 Å². The lowest BCUT2D eigenvalue weighted by atomic mass is 10.0. The van der Waals surface area contributed by atoms with Crippen LogP contribution in [0.1, 0.15) is 39.2 Å². The van der Waals surface area contributed by atoms with Gasteiger partial charge in [0.25, 0.3) is 0 Å². The SMILES string of the molecule is Cc1ccccc1-c1nccc2cc(O)c(N(c3ccc(F)cc3F)C3CCN(C(=O)OC(C)(C)C)CC3)nc12. The van der Waals surface area contributed by atoms with Crippen LogP contribution in [0, 0.1) is 18.6 Å². The van der Waals surface area contributed by atoms with Gasteiger partial charge in [-0.3, -0.25) is 4.98 Å². The Bertz CT molecular complexity index is 1560. The summed E-state index contributed by atoms with van der Waals surface area (Å²) in [5, 5.41) is 11.9. The summed E-state index contributed by atoms with van der Waals surface area (Å²) in [6.45, 7) is 8.14. The van der Waals surface area contributed by atoms with Crippen molar-refractivity contribution in [2.24, 2.45) is 0 Å². The maximum atomic E-state index is 15.3. The number of anilines is 2. The molecule has 0 spiro atoms. The average molecular weight is 547 g/mol. The van der Waals surface area contributed by atoms with Gasteiger partial charge in [0.2, 0.25) is 0 Å². The summed E-state index contributed by atoms with van der Waals surface area (Å²) in [4.78, 5) is 25.3. The second-order valence-corrected chi connectivity index (χ2v) is 11.0. The van der Waals surface area contributed by atoms with Gasteiger partial charge < -0.3 is 19.6 Å². The first kappa shape index (κ1) is 27.3. The van der Waals surface area contributed by atoms with Gasteiger partial charge in [-0.1, -0.05) is 24.3 Å². The van der Waals surface area contributed by atoms with Crippen molar-refractivity contribution in [2.45, 2.75) is 52.2 Å². The molecule has 2 aromatic heterocycles. The highest BCUT2D eigenvalue weighted by Gasteiger charge is 2.33. The number of fused-ring (bicyclic) bond motifs is 1. The van der Waals surface area contributed by atoms with Crippen LogP contribution >= 0.6 is 0 Å². The van der Waals surface area contributed by atoms with Gasteiger partial charge in [-0.25, -0.2) is 18.6 Å². The molecule has 0 unspecified atom stereocenters. The summed E-state index contributed by atoms with van der Waals surface area (Å²) in [6, 6.07) is 14.2. The van der Waals surface area contributed by atoms with Gasteiger partial charge in [0.05, 0.1) is 16.9 Å². The second-order valence-electron chi connectivity index (χ2n) is 11.0. The molecule has 4 aromatic rings. The molecular weight excluding hydrogens is 514 g/mol. The van der Waals surface area contributed by atoms with Gasteiger partial charge in [-0.2, -0.15) is 0 Å². The number of halogens is 2. The number of piperidine rings is 1. The molecule has 9 heteroatoms. The number of aryl methyl sites for hydroxylation is 1. The minimum atomic E-state index is -0.777. The zero-order valence-corrected chi connectivity index (χ0v) is 23.0. The zero-order chi connectivity index (χ0) is 28.6. The van der Waals surface area contributed by atoms with Crippen molar-refractivity contribution in [3.63, 3.8) is 0 Å². The molecule has 7 nitrogen and oxygen atoms in total. The summed E-state index contributed by atoms with van der Waals surface area (Å²) in [6.07, 6.45) is 2.15. The van der Waals surface area contributed by atoms with Crippen LogP contribution in [0.2, 0.25) is 0 Å². The normalized spacial score (nSPS) is 14.4. The molecule has 3 heterocycles. The number of carbonyl (C=O) groups excluding carboxylic acids is 1. The molecule has 1 aliphatic rings. The molecule has 0 atom stereocenters. The van der Waals surface area contributed by atoms with E-state index in [1.54, 1.807) is 28.1 Å². The van der Waals surface area contributed by atoms with Crippen molar-refractivity contribution in [1.82, 2.24) is 14.9 Å². The number of carbonyl (C=O) groups is 1. The first-order chi connectivity index (χ1) is 19.0. The lowest BCUT2D eigenvalue weighted by Crippen LogP contribution is -2.47. The largest absolute Gasteiger partial charge is 0.504 e. The van der Waals surface area contributed by atoms with E-state index in [2.05, 4.69) is 4.98 Å². The van der Waals surface area contributed by atoms with E-state index in [9.17, 15) is 14.3 Å². The Balaban J connectivity index is 1.59. The van der Waals surface area contributed by atoms with E-state index >= 15 is 4.39 Å². The van der Waals surface area contributed by atoms with Crippen LogP contribution in [0.4, 0.5) is 25.1 Å². The van der Waals surface area contributed by atoms with Crippen molar-refractivity contribution >= 4 is 28.5 Å². The van der Waals surface area contributed by atoms with Crippen LogP contribution in [-0.4, -0.2) is 50.8 Å². The summed E-state index contributed by atoms with van der Waals surface area (Å²) >= 11 is 0. The molecule has 208 valence electrons. The van der Waals surface area contributed by atoms with Crippen LogP contribution in [0.3, 0.4) is 0 Å². The maximum Gasteiger partial charge on any atom is 0.410 e. The minimum Gasteiger partial charge on any atom is -0.504 e. The van der Waals surface area contributed by atoms with Gasteiger partial charge in [0.15, 0.2) is 11.6 Å². The quantitative estimate of drug-likeness (QED) is 0.293. The lowest BCUT2D eigenvalue weighted by Gasteiger charge is -2.39. The molecule has 40 heavy (non-hydrogen) atoms. The Kier molecular flexibility index (Phi) is 7.31. The maximum absolute atomic E-state index is 15.3. The molecule has 1 N–H and O–H groups in total. The third-order valence-electron chi connectivity index (χ3n) is 6.97. The number of amides is 1. The molecular formula is C31H32F2N4O3. The fourth-order valence-corrected chi connectivity index (χ4v) is 5.08. The second kappa shape index (κ2) is 10.7. The fourth-order valence-electron chi connectivity index (χ4n) is 5.08. The third kappa shape index (κ3) is 5.54. The van der Waals surface area contributed by atoms with E-state index in [0.717, 1.165) is 17.2 Å². The molecule has 0 saturated carbocycles. The first-order valence-electron chi connectivity index (χ1n) is 13.3. The van der Waals surface area contributed by atoms with Crippen LogP contribution in [-0.2, 0) is 4.74 Å². The van der Waals surface area contributed by atoms with E-state index in [-0.39, 0.29) is 23.3 Å². The summed E-state index contributed by atoms with van der Waals surface area (Å²) < 4.78 is 34.7. The number of aromatic nitrogens is 2. The van der Waals surface area contributed by atoms with Gasteiger partial charge in [0, 0.05) is 42.3 Å². The Hall–Kier alpha value is -4.27. The van der Waals surface area contributed by atoms with Crippen LogP contribution in [0.25, 0.3) is 22.2 Å². The number of rotatable bonds is 4. The van der Waals surface area contributed by atoms with Gasteiger partial charge in [-0.05, 0) is 70.4 Å². The van der Waals surface area contributed by atoms with E-state index in [1.807, 2.05) is 52.0 Å². The Morgan fingerprint density at radius 3 is 2.48 bits per heavy atom. The molecule has 5 rings (SSSR count). The molecule has 1 amide bonds. The first-order valence-corrected chi connectivity index (χ1v) is 13.3. The predicted molar refractivity (Wildman–Crippen MR) is 151 cm³/mol. The highest BCUT2D eigenvalue weighted by atomic mass is 19.1. The highest BCUT2D eigenvalue weighted by Crippen LogP contribution is 2.40. The summed E-state index contributed by atoms with van der Waals surface area (Å²) in [5.41, 5.74) is 2.54. The molecule has 0 bridgehead atoms.